The van der Waals surface area contributed by atoms with Gasteiger partial charge in [0.2, 0.25) is 0 Å². The third-order valence-corrected chi connectivity index (χ3v) is 1.97. The van der Waals surface area contributed by atoms with E-state index in [1.807, 2.05) is 13.8 Å². The predicted octanol–water partition coefficient (Wildman–Crippen LogP) is 1.12. The summed E-state index contributed by atoms with van der Waals surface area (Å²) in [5.41, 5.74) is 0.295. The summed E-state index contributed by atoms with van der Waals surface area (Å²) in [5.74, 6) is 0. The van der Waals surface area contributed by atoms with Gasteiger partial charge in [-0.25, -0.2) is 4.98 Å². The highest BCUT2D eigenvalue weighted by molar-refractivity contribution is 5.71. The minimum Gasteiger partial charge on any atom is -0.377 e. The summed E-state index contributed by atoms with van der Waals surface area (Å²) in [4.78, 5) is 14.4. The molecule has 0 N–H and O–H groups in total. The van der Waals surface area contributed by atoms with E-state index in [0.717, 1.165) is 6.29 Å². The van der Waals surface area contributed by atoms with E-state index in [1.165, 1.54) is 0 Å². The zero-order valence-electron chi connectivity index (χ0n) is 8.15. The lowest BCUT2D eigenvalue weighted by atomic mass is 10.1. The van der Waals surface area contributed by atoms with Gasteiger partial charge < -0.3 is 9.30 Å². The highest BCUT2D eigenvalue weighted by Gasteiger charge is 2.18. The van der Waals surface area contributed by atoms with Crippen LogP contribution in [0.1, 0.15) is 24.3 Å². The topological polar surface area (TPSA) is 44.1 Å². The Balaban J connectivity index is 2.79. The maximum absolute atomic E-state index is 10.6. The minimum atomic E-state index is -0.279. The summed E-state index contributed by atoms with van der Waals surface area (Å²) in [7, 11) is 1.65. The van der Waals surface area contributed by atoms with Gasteiger partial charge in [-0.05, 0) is 13.8 Å². The number of aromatic nitrogens is 2. The van der Waals surface area contributed by atoms with Crippen LogP contribution in [0.3, 0.4) is 0 Å². The monoisotopic (exact) mass is 182 g/mol. The molecule has 0 fully saturated rings. The summed E-state index contributed by atoms with van der Waals surface area (Å²) in [6.07, 6.45) is 3.96. The van der Waals surface area contributed by atoms with Crippen molar-refractivity contribution in [3.8, 4) is 0 Å². The Kier molecular flexibility index (Phi) is 2.83. The van der Waals surface area contributed by atoms with E-state index in [1.54, 1.807) is 24.2 Å². The number of nitrogens with zero attached hydrogens (tertiary/aromatic N) is 2. The number of ether oxygens (including phenoxy) is 1. The molecule has 0 aliphatic carbocycles. The molecule has 1 aromatic heterocycles. The van der Waals surface area contributed by atoms with Crippen LogP contribution in [0.4, 0.5) is 0 Å². The van der Waals surface area contributed by atoms with E-state index in [4.69, 9.17) is 4.74 Å². The van der Waals surface area contributed by atoms with Crippen LogP contribution in [0.15, 0.2) is 12.5 Å². The van der Waals surface area contributed by atoms with Crippen LogP contribution in [0.25, 0.3) is 0 Å². The maximum Gasteiger partial charge on any atom is 0.168 e. The van der Waals surface area contributed by atoms with Crippen molar-refractivity contribution in [2.45, 2.75) is 26.0 Å². The van der Waals surface area contributed by atoms with Crippen molar-refractivity contribution >= 4 is 6.29 Å². The number of methoxy groups -OCH3 is 1. The SMILES string of the molecule is COC(C)(C)Cn1cncc1C=O. The van der Waals surface area contributed by atoms with E-state index in [-0.39, 0.29) is 5.60 Å². The molecule has 1 heterocycles. The van der Waals surface area contributed by atoms with E-state index in [9.17, 15) is 4.79 Å². The third kappa shape index (κ3) is 2.39. The molecule has 0 radical (unpaired) electrons. The first kappa shape index (κ1) is 9.92. The van der Waals surface area contributed by atoms with E-state index < -0.39 is 0 Å². The van der Waals surface area contributed by atoms with Gasteiger partial charge in [-0.3, -0.25) is 4.79 Å². The Labute approximate surface area is 77.5 Å². The first-order chi connectivity index (χ1) is 6.09. The zero-order chi connectivity index (χ0) is 9.90. The zero-order valence-corrected chi connectivity index (χ0v) is 8.15. The first-order valence-electron chi connectivity index (χ1n) is 4.09. The molecule has 0 spiro atoms. The summed E-state index contributed by atoms with van der Waals surface area (Å²) < 4.78 is 7.02. The summed E-state index contributed by atoms with van der Waals surface area (Å²) in [6.45, 7) is 4.54. The summed E-state index contributed by atoms with van der Waals surface area (Å²) >= 11 is 0. The molecular weight excluding hydrogens is 168 g/mol. The molecule has 0 amide bonds. The number of carbonyl (C=O) groups excluding carboxylic acids is 1. The smallest absolute Gasteiger partial charge is 0.168 e. The number of imidazole rings is 1. The fourth-order valence-corrected chi connectivity index (χ4v) is 1.04. The molecule has 0 atom stereocenters. The van der Waals surface area contributed by atoms with Crippen molar-refractivity contribution in [2.24, 2.45) is 0 Å². The van der Waals surface area contributed by atoms with Crippen LogP contribution in [0.5, 0.6) is 0 Å². The standard InChI is InChI=1S/C9H14N2O2/c1-9(2,13-3)6-11-7-10-4-8(11)5-12/h4-5,7H,6H2,1-3H3. The minimum absolute atomic E-state index is 0.279. The molecule has 13 heavy (non-hydrogen) atoms. The third-order valence-electron chi connectivity index (χ3n) is 1.97. The molecule has 0 aromatic carbocycles. The highest BCUT2D eigenvalue weighted by atomic mass is 16.5. The van der Waals surface area contributed by atoms with Gasteiger partial charge >= 0.3 is 0 Å². The molecular formula is C9H14N2O2. The highest BCUT2D eigenvalue weighted by Crippen LogP contribution is 2.11. The van der Waals surface area contributed by atoms with Crippen LogP contribution < -0.4 is 0 Å². The lowest BCUT2D eigenvalue weighted by molar-refractivity contribution is 0.00784. The fourth-order valence-electron chi connectivity index (χ4n) is 1.04. The van der Waals surface area contributed by atoms with Crippen LogP contribution in [-0.2, 0) is 11.3 Å². The Morgan fingerprint density at radius 3 is 2.92 bits per heavy atom. The van der Waals surface area contributed by atoms with Crippen LogP contribution in [0.2, 0.25) is 0 Å². The van der Waals surface area contributed by atoms with Crippen molar-refractivity contribution < 1.29 is 9.53 Å². The lowest BCUT2D eigenvalue weighted by Gasteiger charge is -2.23. The second-order valence-corrected chi connectivity index (χ2v) is 3.53. The van der Waals surface area contributed by atoms with Gasteiger partial charge in [0, 0.05) is 7.11 Å². The van der Waals surface area contributed by atoms with Crippen molar-refractivity contribution in [3.63, 3.8) is 0 Å². The molecule has 0 unspecified atom stereocenters. The Hall–Kier alpha value is -1.16. The van der Waals surface area contributed by atoms with Gasteiger partial charge in [0.15, 0.2) is 6.29 Å². The normalized spacial score (nSPS) is 11.6. The van der Waals surface area contributed by atoms with Crippen molar-refractivity contribution in [1.82, 2.24) is 9.55 Å². The van der Waals surface area contributed by atoms with Crippen LogP contribution in [0, 0.1) is 0 Å². The average Bonchev–Trinajstić information content (AvgIpc) is 2.51. The van der Waals surface area contributed by atoms with Gasteiger partial charge in [-0.2, -0.15) is 0 Å². The average molecular weight is 182 g/mol. The summed E-state index contributed by atoms with van der Waals surface area (Å²) in [6, 6.07) is 0. The molecule has 4 heteroatoms. The Morgan fingerprint density at radius 2 is 2.38 bits per heavy atom. The maximum atomic E-state index is 10.6. The molecule has 72 valence electrons. The van der Waals surface area contributed by atoms with E-state index in [2.05, 4.69) is 4.98 Å². The van der Waals surface area contributed by atoms with Gasteiger partial charge in [-0.15, -0.1) is 0 Å². The molecule has 0 saturated carbocycles. The largest absolute Gasteiger partial charge is 0.377 e. The van der Waals surface area contributed by atoms with Crippen molar-refractivity contribution in [1.29, 1.82) is 0 Å². The lowest BCUT2D eigenvalue weighted by Crippen LogP contribution is -2.29. The van der Waals surface area contributed by atoms with Gasteiger partial charge in [-0.1, -0.05) is 0 Å². The first-order valence-corrected chi connectivity index (χ1v) is 4.09. The molecule has 0 aliphatic heterocycles. The molecule has 1 rings (SSSR count). The number of rotatable bonds is 4. The van der Waals surface area contributed by atoms with E-state index in [0.29, 0.717) is 12.2 Å². The second kappa shape index (κ2) is 3.70. The molecule has 0 saturated heterocycles. The van der Waals surface area contributed by atoms with E-state index >= 15 is 0 Å². The molecule has 1 aromatic rings. The summed E-state index contributed by atoms with van der Waals surface area (Å²) in [5, 5.41) is 0. The van der Waals surface area contributed by atoms with Gasteiger partial charge in [0.05, 0.1) is 24.7 Å². The molecule has 0 bridgehead atoms. The second-order valence-electron chi connectivity index (χ2n) is 3.53. The van der Waals surface area contributed by atoms with Gasteiger partial charge in [0.25, 0.3) is 0 Å². The van der Waals surface area contributed by atoms with Crippen LogP contribution in [-0.4, -0.2) is 28.5 Å². The molecule has 0 aliphatic rings. The van der Waals surface area contributed by atoms with Crippen LogP contribution >= 0.6 is 0 Å². The quantitative estimate of drug-likeness (QED) is 0.655. The number of carbonyl (C=O) groups is 1. The van der Waals surface area contributed by atoms with Gasteiger partial charge in [0.1, 0.15) is 5.69 Å². The van der Waals surface area contributed by atoms with Crippen molar-refractivity contribution in [3.05, 3.63) is 18.2 Å². The van der Waals surface area contributed by atoms with Crippen molar-refractivity contribution in [2.75, 3.05) is 7.11 Å². The number of hydrogen-bond acceptors (Lipinski definition) is 3. The fraction of sp³-hybridized carbons (Fsp3) is 0.556. The molecule has 4 nitrogen and oxygen atoms in total. The Morgan fingerprint density at radius 1 is 1.69 bits per heavy atom. The number of hydrogen-bond donors (Lipinski definition) is 0. The number of aldehydes is 1. The predicted molar refractivity (Wildman–Crippen MR) is 48.7 cm³/mol. The Bertz CT molecular complexity index is 292.